The second-order valence-electron chi connectivity index (χ2n) is 4.77. The summed E-state index contributed by atoms with van der Waals surface area (Å²) in [7, 11) is 3.81. The number of nitrogens with one attached hydrogen (secondary N) is 1. The number of hydrogen-bond acceptors (Lipinski definition) is 2. The van der Waals surface area contributed by atoms with E-state index in [1.807, 2.05) is 32.4 Å². The van der Waals surface area contributed by atoms with Gasteiger partial charge in [-0.15, -0.1) is 0 Å². The van der Waals surface area contributed by atoms with Crippen molar-refractivity contribution in [3.63, 3.8) is 0 Å². The zero-order chi connectivity index (χ0) is 12.3. The van der Waals surface area contributed by atoms with Crippen molar-refractivity contribution in [2.45, 2.75) is 31.4 Å². The summed E-state index contributed by atoms with van der Waals surface area (Å²) in [6, 6.07) is 8.43. The summed E-state index contributed by atoms with van der Waals surface area (Å²) in [5.74, 6) is 0.733. The first-order valence-corrected chi connectivity index (χ1v) is 6.57. The van der Waals surface area contributed by atoms with Gasteiger partial charge >= 0.3 is 0 Å². The molecule has 2 atom stereocenters. The van der Waals surface area contributed by atoms with Crippen LogP contribution in [0, 0.1) is 5.92 Å². The molecule has 1 aromatic carbocycles. The Bertz CT molecular complexity index is 365. The van der Waals surface area contributed by atoms with Crippen LogP contribution < -0.4 is 5.32 Å². The first-order chi connectivity index (χ1) is 8.24. The maximum absolute atomic E-state index is 6.01. The number of halogens is 1. The average molecular weight is 254 g/mol. The van der Waals surface area contributed by atoms with Crippen molar-refractivity contribution < 1.29 is 4.74 Å². The molecule has 0 aromatic heterocycles. The third-order valence-corrected chi connectivity index (χ3v) is 3.71. The smallest absolute Gasteiger partial charge is 0.0755 e. The number of likely N-dealkylation sites (N-methyl/N-ethyl adjacent to an activating group) is 1. The van der Waals surface area contributed by atoms with Crippen molar-refractivity contribution in [2.75, 3.05) is 14.2 Å². The van der Waals surface area contributed by atoms with E-state index in [1.165, 1.54) is 18.4 Å². The Balaban J connectivity index is 2.03. The summed E-state index contributed by atoms with van der Waals surface area (Å²) in [6.07, 6.45) is 3.88. The lowest BCUT2D eigenvalue weighted by Crippen LogP contribution is -2.41. The Kier molecular flexibility index (Phi) is 4.43. The second kappa shape index (κ2) is 5.85. The van der Waals surface area contributed by atoms with Crippen LogP contribution in [0.15, 0.2) is 24.3 Å². The molecule has 2 unspecified atom stereocenters. The van der Waals surface area contributed by atoms with Gasteiger partial charge in [-0.1, -0.05) is 23.7 Å². The molecule has 1 aliphatic carbocycles. The summed E-state index contributed by atoms with van der Waals surface area (Å²) in [6.45, 7) is 0. The Hall–Kier alpha value is -0.570. The highest BCUT2D eigenvalue weighted by atomic mass is 35.5. The van der Waals surface area contributed by atoms with Gasteiger partial charge in [0.05, 0.1) is 6.10 Å². The third-order valence-electron chi connectivity index (χ3n) is 3.47. The number of methoxy groups -OCH3 is 1. The lowest BCUT2D eigenvalue weighted by molar-refractivity contribution is 0.0534. The van der Waals surface area contributed by atoms with Gasteiger partial charge in [-0.25, -0.2) is 0 Å². The maximum atomic E-state index is 6.01. The fourth-order valence-corrected chi connectivity index (χ4v) is 2.62. The molecule has 0 amide bonds. The van der Waals surface area contributed by atoms with Crippen molar-refractivity contribution in [3.05, 3.63) is 34.9 Å². The summed E-state index contributed by atoms with van der Waals surface area (Å²) in [4.78, 5) is 0. The first-order valence-electron chi connectivity index (χ1n) is 6.19. The van der Waals surface area contributed by atoms with Gasteiger partial charge in [0.1, 0.15) is 0 Å². The van der Waals surface area contributed by atoms with E-state index in [4.69, 9.17) is 16.3 Å². The number of rotatable bonds is 6. The Morgan fingerprint density at radius 3 is 2.76 bits per heavy atom. The van der Waals surface area contributed by atoms with Crippen LogP contribution in [0.2, 0.25) is 5.02 Å². The van der Waals surface area contributed by atoms with Crippen molar-refractivity contribution in [2.24, 2.45) is 5.92 Å². The molecule has 1 N–H and O–H groups in total. The minimum absolute atomic E-state index is 0.319. The van der Waals surface area contributed by atoms with Crippen molar-refractivity contribution in [3.8, 4) is 0 Å². The monoisotopic (exact) mass is 253 g/mol. The predicted molar refractivity (Wildman–Crippen MR) is 71.5 cm³/mol. The maximum Gasteiger partial charge on any atom is 0.0755 e. The van der Waals surface area contributed by atoms with Crippen LogP contribution >= 0.6 is 11.6 Å². The largest absolute Gasteiger partial charge is 0.380 e. The number of benzene rings is 1. The first kappa shape index (κ1) is 12.9. The van der Waals surface area contributed by atoms with Crippen LogP contribution in [0.1, 0.15) is 18.4 Å². The highest BCUT2D eigenvalue weighted by Crippen LogP contribution is 2.36. The summed E-state index contributed by atoms with van der Waals surface area (Å²) in [5, 5.41) is 4.18. The van der Waals surface area contributed by atoms with Crippen LogP contribution in [0.25, 0.3) is 0 Å². The predicted octanol–water partition coefficient (Wildman–Crippen LogP) is 2.90. The topological polar surface area (TPSA) is 21.3 Å². The molecule has 0 aliphatic heterocycles. The summed E-state index contributed by atoms with van der Waals surface area (Å²) >= 11 is 6.01. The Morgan fingerprint density at radius 2 is 2.24 bits per heavy atom. The van der Waals surface area contributed by atoms with Crippen LogP contribution in [0.5, 0.6) is 0 Å². The lowest BCUT2D eigenvalue weighted by Gasteiger charge is -2.25. The van der Waals surface area contributed by atoms with Crippen LogP contribution in [-0.4, -0.2) is 26.3 Å². The van der Waals surface area contributed by atoms with E-state index in [1.54, 1.807) is 0 Å². The molecule has 1 aromatic rings. The molecule has 0 saturated heterocycles. The molecule has 0 heterocycles. The average Bonchev–Trinajstić information content (AvgIpc) is 3.13. The third kappa shape index (κ3) is 3.44. The molecule has 3 heteroatoms. The van der Waals surface area contributed by atoms with E-state index in [9.17, 15) is 0 Å². The highest BCUT2D eigenvalue weighted by Gasteiger charge is 2.36. The minimum Gasteiger partial charge on any atom is -0.380 e. The molecular formula is C14H20ClNO. The molecule has 1 saturated carbocycles. The molecule has 0 bridgehead atoms. The van der Waals surface area contributed by atoms with E-state index in [2.05, 4.69) is 11.4 Å². The van der Waals surface area contributed by atoms with Crippen molar-refractivity contribution >= 4 is 11.6 Å². The van der Waals surface area contributed by atoms with E-state index >= 15 is 0 Å². The van der Waals surface area contributed by atoms with Gasteiger partial charge in [-0.2, -0.15) is 0 Å². The fraction of sp³-hybridized carbons (Fsp3) is 0.571. The van der Waals surface area contributed by atoms with E-state index in [-0.39, 0.29) is 0 Å². The lowest BCUT2D eigenvalue weighted by atomic mass is 9.98. The molecule has 1 aliphatic rings. The van der Waals surface area contributed by atoms with Crippen LogP contribution in [0.4, 0.5) is 0 Å². The normalized spacial score (nSPS) is 19.0. The molecular weight excluding hydrogens is 234 g/mol. The van der Waals surface area contributed by atoms with Gasteiger partial charge in [-0.05, 0) is 49.9 Å². The van der Waals surface area contributed by atoms with E-state index in [0.29, 0.717) is 12.1 Å². The molecule has 94 valence electrons. The van der Waals surface area contributed by atoms with Crippen molar-refractivity contribution in [1.82, 2.24) is 5.32 Å². The standard InChI is InChI=1S/C14H20ClNO/c1-16-13(14(17-2)11-6-7-11)9-10-4-3-5-12(15)8-10/h3-5,8,11,13-14,16H,6-7,9H2,1-2H3. The zero-order valence-electron chi connectivity index (χ0n) is 10.4. The van der Waals surface area contributed by atoms with E-state index < -0.39 is 0 Å². The minimum atomic E-state index is 0.319. The number of hydrogen-bond donors (Lipinski definition) is 1. The van der Waals surface area contributed by atoms with Gasteiger partial charge in [0, 0.05) is 18.2 Å². The van der Waals surface area contributed by atoms with Gasteiger partial charge in [0.2, 0.25) is 0 Å². The molecule has 2 nitrogen and oxygen atoms in total. The summed E-state index contributed by atoms with van der Waals surface area (Å²) < 4.78 is 5.63. The Morgan fingerprint density at radius 1 is 1.47 bits per heavy atom. The van der Waals surface area contributed by atoms with Gasteiger partial charge in [0.15, 0.2) is 0 Å². The molecule has 2 rings (SSSR count). The van der Waals surface area contributed by atoms with Crippen LogP contribution in [0.3, 0.4) is 0 Å². The van der Waals surface area contributed by atoms with E-state index in [0.717, 1.165) is 17.4 Å². The quantitative estimate of drug-likeness (QED) is 0.842. The molecule has 1 fully saturated rings. The second-order valence-corrected chi connectivity index (χ2v) is 5.20. The molecule has 0 radical (unpaired) electrons. The fourth-order valence-electron chi connectivity index (χ4n) is 2.41. The molecule has 17 heavy (non-hydrogen) atoms. The Labute approximate surface area is 108 Å². The SMILES string of the molecule is CNC(Cc1cccc(Cl)c1)C(OC)C1CC1. The number of ether oxygens (including phenoxy) is 1. The zero-order valence-corrected chi connectivity index (χ0v) is 11.2. The molecule has 0 spiro atoms. The summed E-state index contributed by atoms with van der Waals surface area (Å²) in [5.41, 5.74) is 1.26. The highest BCUT2D eigenvalue weighted by molar-refractivity contribution is 6.30. The van der Waals surface area contributed by atoms with Gasteiger partial charge < -0.3 is 10.1 Å². The van der Waals surface area contributed by atoms with Gasteiger partial charge in [0.25, 0.3) is 0 Å². The van der Waals surface area contributed by atoms with Gasteiger partial charge in [-0.3, -0.25) is 0 Å². The van der Waals surface area contributed by atoms with Crippen LogP contribution in [-0.2, 0) is 11.2 Å². The van der Waals surface area contributed by atoms with Crippen molar-refractivity contribution in [1.29, 1.82) is 0 Å².